The van der Waals surface area contributed by atoms with E-state index < -0.39 is 17.8 Å². The fourth-order valence-electron chi connectivity index (χ4n) is 4.57. The Kier molecular flexibility index (Phi) is 7.43. The molecular formula is C26H23ClF3N7OS. The summed E-state index contributed by atoms with van der Waals surface area (Å²) in [5.74, 6) is 0.515. The molecule has 1 saturated heterocycles. The number of amides is 1. The first-order valence-electron chi connectivity index (χ1n) is 12.0. The highest BCUT2D eigenvalue weighted by Crippen LogP contribution is 2.30. The number of nitrogens with one attached hydrogen (secondary N) is 2. The average Bonchev–Trinajstić information content (AvgIpc) is 3.58. The number of alkyl halides is 3. The van der Waals surface area contributed by atoms with Crippen LogP contribution in [0.1, 0.15) is 11.1 Å². The van der Waals surface area contributed by atoms with Crippen molar-refractivity contribution in [3.63, 3.8) is 0 Å². The molecule has 3 aromatic heterocycles. The maximum Gasteiger partial charge on any atom is 0.416 e. The van der Waals surface area contributed by atoms with Gasteiger partial charge in [0.1, 0.15) is 18.2 Å². The second kappa shape index (κ2) is 10.8. The lowest BCUT2D eigenvalue weighted by Crippen LogP contribution is -2.57. The molecule has 2 aromatic carbocycles. The molecule has 0 radical (unpaired) electrons. The van der Waals surface area contributed by atoms with Gasteiger partial charge in [0.25, 0.3) is 0 Å². The van der Waals surface area contributed by atoms with Crippen LogP contribution in [0.3, 0.4) is 0 Å². The van der Waals surface area contributed by atoms with E-state index in [9.17, 15) is 18.0 Å². The Morgan fingerprint density at radius 1 is 1.13 bits per heavy atom. The largest absolute Gasteiger partial charge is 0.416 e. The highest BCUT2D eigenvalue weighted by Gasteiger charge is 2.30. The standard InChI is InChI=1S/C26H22F3N7OS.ClH/c27-26(28,29)18-2-4-19(5-3-18)36-13-20-23(34-36)32-15-33-24(20)35-9-8-30-21(14-35)25(37)31-12-16-1-6-22-17(11-16)7-10-38-22;/h1-7,10-11,13,15,21,30H,8-9,12,14H2,(H,31,37);1H/t21-;/m0./s1. The van der Waals surface area contributed by atoms with Crippen molar-refractivity contribution >= 4 is 56.6 Å². The first kappa shape index (κ1) is 26.9. The Morgan fingerprint density at radius 3 is 2.74 bits per heavy atom. The van der Waals surface area contributed by atoms with E-state index in [1.165, 1.54) is 27.8 Å². The monoisotopic (exact) mass is 573 g/mol. The van der Waals surface area contributed by atoms with Gasteiger partial charge in [-0.05, 0) is 58.8 Å². The molecule has 1 fully saturated rings. The molecule has 0 unspecified atom stereocenters. The third-order valence-corrected chi connectivity index (χ3v) is 7.43. The van der Waals surface area contributed by atoms with Crippen LogP contribution in [0.2, 0.25) is 0 Å². The molecule has 1 amide bonds. The lowest BCUT2D eigenvalue weighted by atomic mass is 10.1. The van der Waals surface area contributed by atoms with Gasteiger partial charge in [-0.2, -0.15) is 13.2 Å². The van der Waals surface area contributed by atoms with E-state index in [0.717, 1.165) is 23.1 Å². The molecule has 39 heavy (non-hydrogen) atoms. The molecule has 0 spiro atoms. The lowest BCUT2D eigenvalue weighted by molar-refractivity contribution is -0.137. The Balaban J connectivity index is 0.00000308. The molecule has 4 heterocycles. The molecular weight excluding hydrogens is 551 g/mol. The second-order valence-electron chi connectivity index (χ2n) is 9.02. The van der Waals surface area contributed by atoms with Gasteiger partial charge in [0.05, 0.1) is 16.6 Å². The van der Waals surface area contributed by atoms with Crippen molar-refractivity contribution in [2.24, 2.45) is 0 Å². The van der Waals surface area contributed by atoms with E-state index in [2.05, 4.69) is 43.9 Å². The number of anilines is 1. The highest BCUT2D eigenvalue weighted by atomic mass is 35.5. The van der Waals surface area contributed by atoms with E-state index >= 15 is 0 Å². The van der Waals surface area contributed by atoms with Gasteiger partial charge in [-0.15, -0.1) is 28.8 Å². The zero-order valence-electron chi connectivity index (χ0n) is 20.4. The number of aromatic nitrogens is 4. The third-order valence-electron chi connectivity index (χ3n) is 6.53. The normalized spacial score (nSPS) is 15.9. The van der Waals surface area contributed by atoms with E-state index in [0.29, 0.717) is 48.7 Å². The highest BCUT2D eigenvalue weighted by molar-refractivity contribution is 7.17. The number of halogens is 4. The number of benzene rings is 2. The number of hydrogen-bond donors (Lipinski definition) is 2. The summed E-state index contributed by atoms with van der Waals surface area (Å²) in [6.07, 6.45) is -1.31. The number of thiophene rings is 1. The Bertz CT molecular complexity index is 1620. The van der Waals surface area contributed by atoms with Crippen molar-refractivity contribution in [2.75, 3.05) is 24.5 Å². The summed E-state index contributed by atoms with van der Waals surface area (Å²) >= 11 is 1.68. The molecule has 5 aromatic rings. The summed E-state index contributed by atoms with van der Waals surface area (Å²) in [4.78, 5) is 23.7. The molecule has 1 aliphatic rings. The summed E-state index contributed by atoms with van der Waals surface area (Å²) in [6.45, 7) is 2.03. The molecule has 1 aliphatic heterocycles. The van der Waals surface area contributed by atoms with Crippen molar-refractivity contribution in [3.8, 4) is 5.69 Å². The van der Waals surface area contributed by atoms with Crippen LogP contribution < -0.4 is 15.5 Å². The van der Waals surface area contributed by atoms with Gasteiger partial charge in [-0.25, -0.2) is 14.6 Å². The van der Waals surface area contributed by atoms with Crippen LogP contribution in [-0.2, 0) is 17.5 Å². The maximum atomic E-state index is 13.0. The minimum atomic E-state index is -4.41. The van der Waals surface area contributed by atoms with E-state index in [1.807, 2.05) is 16.3 Å². The first-order chi connectivity index (χ1) is 18.3. The smallest absolute Gasteiger partial charge is 0.353 e. The Labute approximate surface area is 231 Å². The molecule has 0 saturated carbocycles. The van der Waals surface area contributed by atoms with Crippen LogP contribution in [0, 0.1) is 0 Å². The third kappa shape index (κ3) is 5.54. The number of carbonyl (C=O) groups is 1. The molecule has 0 aliphatic carbocycles. The quantitative estimate of drug-likeness (QED) is 0.320. The van der Waals surface area contributed by atoms with Gasteiger partial charge in [0, 0.05) is 37.1 Å². The van der Waals surface area contributed by atoms with E-state index in [1.54, 1.807) is 17.5 Å². The van der Waals surface area contributed by atoms with Gasteiger partial charge in [-0.3, -0.25) is 4.79 Å². The molecule has 202 valence electrons. The average molecular weight is 574 g/mol. The number of rotatable bonds is 5. The van der Waals surface area contributed by atoms with Gasteiger partial charge in [0.15, 0.2) is 5.65 Å². The summed E-state index contributed by atoms with van der Waals surface area (Å²) in [5, 5.41) is 14.6. The number of fused-ring (bicyclic) bond motifs is 2. The summed E-state index contributed by atoms with van der Waals surface area (Å²) in [6, 6.07) is 12.6. The topological polar surface area (TPSA) is 88.0 Å². The first-order valence-corrected chi connectivity index (χ1v) is 12.8. The van der Waals surface area contributed by atoms with E-state index in [-0.39, 0.29) is 18.3 Å². The van der Waals surface area contributed by atoms with Gasteiger partial charge in [-0.1, -0.05) is 6.07 Å². The summed E-state index contributed by atoms with van der Waals surface area (Å²) < 4.78 is 41.5. The van der Waals surface area contributed by atoms with Crippen LogP contribution in [-0.4, -0.2) is 51.3 Å². The molecule has 0 bridgehead atoms. The van der Waals surface area contributed by atoms with Crippen LogP contribution in [0.4, 0.5) is 19.0 Å². The molecule has 6 rings (SSSR count). The van der Waals surface area contributed by atoms with Crippen LogP contribution in [0.15, 0.2) is 66.4 Å². The van der Waals surface area contributed by atoms with Crippen molar-refractivity contribution in [1.82, 2.24) is 30.4 Å². The summed E-state index contributed by atoms with van der Waals surface area (Å²) in [5.41, 5.74) is 1.19. The van der Waals surface area contributed by atoms with Crippen molar-refractivity contribution in [2.45, 2.75) is 18.8 Å². The minimum absolute atomic E-state index is 0. The van der Waals surface area contributed by atoms with Crippen LogP contribution in [0.5, 0.6) is 0 Å². The molecule has 2 N–H and O–H groups in total. The minimum Gasteiger partial charge on any atom is -0.353 e. The van der Waals surface area contributed by atoms with Gasteiger partial charge in [0.2, 0.25) is 5.91 Å². The van der Waals surface area contributed by atoms with Gasteiger partial charge < -0.3 is 15.5 Å². The number of nitrogens with zero attached hydrogens (tertiary/aromatic N) is 5. The number of carbonyl (C=O) groups excluding carboxylic acids is 1. The maximum absolute atomic E-state index is 13.0. The molecule has 13 heteroatoms. The lowest BCUT2D eigenvalue weighted by Gasteiger charge is -2.33. The Morgan fingerprint density at radius 2 is 1.95 bits per heavy atom. The molecule has 1 atom stereocenters. The Hall–Kier alpha value is -3.74. The number of hydrogen-bond acceptors (Lipinski definition) is 7. The molecule has 8 nitrogen and oxygen atoms in total. The predicted octanol–water partition coefficient (Wildman–Crippen LogP) is 4.57. The van der Waals surface area contributed by atoms with Crippen molar-refractivity contribution < 1.29 is 18.0 Å². The second-order valence-corrected chi connectivity index (χ2v) is 9.96. The predicted molar refractivity (Wildman–Crippen MR) is 147 cm³/mol. The number of piperazine rings is 1. The van der Waals surface area contributed by atoms with Crippen LogP contribution >= 0.6 is 23.7 Å². The fourth-order valence-corrected chi connectivity index (χ4v) is 5.34. The fraction of sp³-hybridized carbons (Fsp3) is 0.231. The van der Waals surface area contributed by atoms with Crippen molar-refractivity contribution in [3.05, 3.63) is 77.6 Å². The van der Waals surface area contributed by atoms with Crippen LogP contribution in [0.25, 0.3) is 26.8 Å². The summed E-state index contributed by atoms with van der Waals surface area (Å²) in [7, 11) is 0. The van der Waals surface area contributed by atoms with E-state index in [4.69, 9.17) is 0 Å². The van der Waals surface area contributed by atoms with Crippen molar-refractivity contribution in [1.29, 1.82) is 0 Å². The SMILES string of the molecule is Cl.O=C(NCc1ccc2sccc2c1)[C@@H]1CN(c2ncnc3nn(-c4ccc(C(F)(F)F)cc4)cc23)CCN1. The zero-order chi connectivity index (χ0) is 26.3. The zero-order valence-corrected chi connectivity index (χ0v) is 22.0. The van der Waals surface area contributed by atoms with Gasteiger partial charge >= 0.3 is 6.18 Å².